The third-order valence-corrected chi connectivity index (χ3v) is 4.05. The van der Waals surface area contributed by atoms with E-state index in [1.165, 1.54) is 0 Å². The van der Waals surface area contributed by atoms with Crippen LogP contribution in [0.3, 0.4) is 0 Å². The van der Waals surface area contributed by atoms with Gasteiger partial charge in [-0.1, -0.05) is 18.2 Å². The third-order valence-electron chi connectivity index (χ3n) is 4.05. The first-order valence-corrected chi connectivity index (χ1v) is 8.51. The SMILES string of the molecule is COc1ccc(CNc2ccc(C(=O)Oc3ccccc3)cc2)c(OC)c1. The Balaban J connectivity index is 1.62. The number of carbonyl (C=O) groups excluding carboxylic acids is 1. The van der Waals surface area contributed by atoms with Gasteiger partial charge in [-0.15, -0.1) is 0 Å². The molecule has 0 saturated carbocycles. The van der Waals surface area contributed by atoms with Crippen molar-refractivity contribution in [2.24, 2.45) is 0 Å². The summed E-state index contributed by atoms with van der Waals surface area (Å²) in [5.74, 6) is 1.64. The van der Waals surface area contributed by atoms with E-state index in [1.54, 1.807) is 38.5 Å². The number of esters is 1. The largest absolute Gasteiger partial charge is 0.497 e. The Bertz CT molecular complexity index is 892. The Kier molecular flexibility index (Phi) is 5.94. The maximum atomic E-state index is 12.2. The van der Waals surface area contributed by atoms with E-state index in [-0.39, 0.29) is 5.97 Å². The fourth-order valence-corrected chi connectivity index (χ4v) is 2.57. The summed E-state index contributed by atoms with van der Waals surface area (Å²) in [7, 11) is 3.25. The number of nitrogens with one attached hydrogen (secondary N) is 1. The van der Waals surface area contributed by atoms with Crippen LogP contribution in [0.25, 0.3) is 0 Å². The van der Waals surface area contributed by atoms with Crippen molar-refractivity contribution in [3.63, 3.8) is 0 Å². The molecule has 0 bridgehead atoms. The van der Waals surface area contributed by atoms with Crippen LogP contribution < -0.4 is 19.5 Å². The number of carbonyl (C=O) groups is 1. The first-order chi connectivity index (χ1) is 13.2. The summed E-state index contributed by atoms with van der Waals surface area (Å²) >= 11 is 0. The molecular formula is C22H21NO4. The standard InChI is InChI=1S/C22H21NO4/c1-25-20-13-10-17(21(14-20)26-2)15-23-18-11-8-16(9-12-18)22(24)27-19-6-4-3-5-7-19/h3-14,23H,15H2,1-2H3. The molecule has 5 heteroatoms. The number of hydrogen-bond acceptors (Lipinski definition) is 5. The summed E-state index contributed by atoms with van der Waals surface area (Å²) in [6.45, 7) is 0.584. The minimum Gasteiger partial charge on any atom is -0.497 e. The van der Waals surface area contributed by atoms with Gasteiger partial charge < -0.3 is 19.5 Å². The third kappa shape index (κ3) is 4.79. The number of ether oxygens (including phenoxy) is 3. The fourth-order valence-electron chi connectivity index (χ4n) is 2.57. The molecule has 138 valence electrons. The Labute approximate surface area is 158 Å². The Hall–Kier alpha value is -3.47. The van der Waals surface area contributed by atoms with Gasteiger partial charge in [0.2, 0.25) is 0 Å². The molecule has 0 unspecified atom stereocenters. The summed E-state index contributed by atoms with van der Waals surface area (Å²) in [5.41, 5.74) is 2.39. The van der Waals surface area contributed by atoms with E-state index < -0.39 is 0 Å². The van der Waals surface area contributed by atoms with Gasteiger partial charge in [0.15, 0.2) is 0 Å². The van der Waals surface area contributed by atoms with Crippen molar-refractivity contribution in [1.82, 2.24) is 0 Å². The van der Waals surface area contributed by atoms with Crippen molar-refractivity contribution >= 4 is 11.7 Å². The molecule has 5 nitrogen and oxygen atoms in total. The molecule has 3 aromatic rings. The number of benzene rings is 3. The molecule has 1 N–H and O–H groups in total. The van der Waals surface area contributed by atoms with Crippen LogP contribution in [0, 0.1) is 0 Å². The summed E-state index contributed by atoms with van der Waals surface area (Å²) < 4.78 is 15.9. The average molecular weight is 363 g/mol. The average Bonchev–Trinajstić information content (AvgIpc) is 2.73. The maximum absolute atomic E-state index is 12.2. The number of para-hydroxylation sites is 1. The highest BCUT2D eigenvalue weighted by atomic mass is 16.5. The molecule has 0 heterocycles. The van der Waals surface area contributed by atoms with Gasteiger partial charge in [-0.2, -0.15) is 0 Å². The zero-order chi connectivity index (χ0) is 19.1. The van der Waals surface area contributed by atoms with Crippen molar-refractivity contribution in [2.45, 2.75) is 6.54 Å². The highest BCUT2D eigenvalue weighted by Crippen LogP contribution is 2.25. The van der Waals surface area contributed by atoms with Crippen molar-refractivity contribution < 1.29 is 19.0 Å². The van der Waals surface area contributed by atoms with Crippen LogP contribution >= 0.6 is 0 Å². The monoisotopic (exact) mass is 363 g/mol. The van der Waals surface area contributed by atoms with E-state index in [0.29, 0.717) is 17.9 Å². The van der Waals surface area contributed by atoms with Gasteiger partial charge in [0, 0.05) is 23.9 Å². The summed E-state index contributed by atoms with van der Waals surface area (Å²) in [6.07, 6.45) is 0. The zero-order valence-electron chi connectivity index (χ0n) is 15.3. The number of anilines is 1. The fraction of sp³-hybridized carbons (Fsp3) is 0.136. The topological polar surface area (TPSA) is 56.8 Å². The molecule has 27 heavy (non-hydrogen) atoms. The van der Waals surface area contributed by atoms with E-state index in [1.807, 2.05) is 48.5 Å². The lowest BCUT2D eigenvalue weighted by atomic mass is 10.1. The number of rotatable bonds is 7. The first-order valence-electron chi connectivity index (χ1n) is 8.51. The minimum absolute atomic E-state index is 0.385. The van der Waals surface area contributed by atoms with Gasteiger partial charge in [0.25, 0.3) is 0 Å². The number of methoxy groups -OCH3 is 2. The molecule has 0 fully saturated rings. The van der Waals surface area contributed by atoms with Crippen LogP contribution in [-0.2, 0) is 6.54 Å². The summed E-state index contributed by atoms with van der Waals surface area (Å²) in [5, 5.41) is 3.32. The molecule has 0 spiro atoms. The normalized spacial score (nSPS) is 10.1. The van der Waals surface area contributed by atoms with Crippen LogP contribution in [0.2, 0.25) is 0 Å². The number of hydrogen-bond donors (Lipinski definition) is 1. The van der Waals surface area contributed by atoms with Crippen molar-refractivity contribution in [3.8, 4) is 17.2 Å². The predicted octanol–water partition coefficient (Wildman–Crippen LogP) is 4.54. The van der Waals surface area contributed by atoms with Crippen molar-refractivity contribution in [2.75, 3.05) is 19.5 Å². The van der Waals surface area contributed by atoms with Crippen molar-refractivity contribution in [3.05, 3.63) is 83.9 Å². The molecule has 0 atom stereocenters. The van der Waals surface area contributed by atoms with E-state index in [0.717, 1.165) is 22.7 Å². The predicted molar refractivity (Wildman–Crippen MR) is 105 cm³/mol. The van der Waals surface area contributed by atoms with E-state index in [2.05, 4.69) is 5.32 Å². The lowest BCUT2D eigenvalue weighted by Gasteiger charge is -2.12. The van der Waals surface area contributed by atoms with E-state index in [9.17, 15) is 4.79 Å². The van der Waals surface area contributed by atoms with Crippen LogP contribution in [0.1, 0.15) is 15.9 Å². The van der Waals surface area contributed by atoms with Gasteiger partial charge in [0.1, 0.15) is 17.2 Å². The van der Waals surface area contributed by atoms with Gasteiger partial charge in [-0.25, -0.2) is 4.79 Å². The van der Waals surface area contributed by atoms with Crippen LogP contribution in [0.5, 0.6) is 17.2 Å². The molecule has 0 aliphatic carbocycles. The second kappa shape index (κ2) is 8.76. The summed E-state index contributed by atoms with van der Waals surface area (Å²) in [4.78, 5) is 12.2. The van der Waals surface area contributed by atoms with Gasteiger partial charge in [0.05, 0.1) is 19.8 Å². The molecule has 3 rings (SSSR count). The molecular weight excluding hydrogens is 342 g/mol. The van der Waals surface area contributed by atoms with E-state index in [4.69, 9.17) is 14.2 Å². The smallest absolute Gasteiger partial charge is 0.343 e. The second-order valence-electron chi connectivity index (χ2n) is 5.81. The Morgan fingerprint density at radius 3 is 2.26 bits per heavy atom. The Morgan fingerprint density at radius 2 is 1.59 bits per heavy atom. The summed E-state index contributed by atoms with van der Waals surface area (Å²) in [6, 6.07) is 21.9. The van der Waals surface area contributed by atoms with Crippen LogP contribution in [0.4, 0.5) is 5.69 Å². The lowest BCUT2D eigenvalue weighted by molar-refractivity contribution is 0.0735. The van der Waals surface area contributed by atoms with Crippen molar-refractivity contribution in [1.29, 1.82) is 0 Å². The Morgan fingerprint density at radius 1 is 0.852 bits per heavy atom. The highest BCUT2D eigenvalue weighted by molar-refractivity contribution is 5.91. The van der Waals surface area contributed by atoms with Gasteiger partial charge >= 0.3 is 5.97 Å². The molecule has 0 aliphatic heterocycles. The molecule has 3 aromatic carbocycles. The van der Waals surface area contributed by atoms with Crippen LogP contribution in [-0.4, -0.2) is 20.2 Å². The molecule has 0 aliphatic rings. The van der Waals surface area contributed by atoms with Gasteiger partial charge in [-0.3, -0.25) is 0 Å². The molecule has 0 aromatic heterocycles. The lowest BCUT2D eigenvalue weighted by Crippen LogP contribution is -2.08. The molecule has 0 radical (unpaired) electrons. The maximum Gasteiger partial charge on any atom is 0.343 e. The zero-order valence-corrected chi connectivity index (χ0v) is 15.3. The van der Waals surface area contributed by atoms with E-state index >= 15 is 0 Å². The van der Waals surface area contributed by atoms with Crippen LogP contribution in [0.15, 0.2) is 72.8 Å². The second-order valence-corrected chi connectivity index (χ2v) is 5.81. The first kappa shape index (κ1) is 18.3. The quantitative estimate of drug-likeness (QED) is 0.493. The highest BCUT2D eigenvalue weighted by Gasteiger charge is 2.09. The minimum atomic E-state index is -0.385. The van der Waals surface area contributed by atoms with Gasteiger partial charge in [-0.05, 0) is 48.5 Å². The molecule has 0 amide bonds. The molecule has 0 saturated heterocycles.